The smallest absolute Gasteiger partial charge is 0.254 e. The van der Waals surface area contributed by atoms with Gasteiger partial charge in [0.15, 0.2) is 5.65 Å². The number of nitrogens with zero attached hydrogens (tertiary/aromatic N) is 4. The van der Waals surface area contributed by atoms with E-state index in [1.807, 2.05) is 32.0 Å². The molecule has 2 heterocycles. The standard InChI is InChI=1S/C18H26N4O/c1-13-11-15(16-12-19-22(3)17(16)20-13)18(23)21(2)14-9-7-5-4-6-8-10-14/h11-12,14H,4-10H2,1-3H3. The molecule has 5 heteroatoms. The summed E-state index contributed by atoms with van der Waals surface area (Å²) in [5.74, 6) is 0.0964. The van der Waals surface area contributed by atoms with Crippen LogP contribution in [0.4, 0.5) is 0 Å². The Morgan fingerprint density at radius 1 is 1.22 bits per heavy atom. The molecule has 0 bridgehead atoms. The van der Waals surface area contributed by atoms with Gasteiger partial charge in [-0.2, -0.15) is 5.10 Å². The van der Waals surface area contributed by atoms with Gasteiger partial charge in [-0.3, -0.25) is 9.48 Å². The van der Waals surface area contributed by atoms with E-state index in [2.05, 4.69) is 10.1 Å². The van der Waals surface area contributed by atoms with E-state index in [0.29, 0.717) is 6.04 Å². The summed E-state index contributed by atoms with van der Waals surface area (Å²) in [5, 5.41) is 5.11. The zero-order chi connectivity index (χ0) is 16.4. The Morgan fingerprint density at radius 3 is 2.57 bits per heavy atom. The van der Waals surface area contributed by atoms with Crippen LogP contribution in [0.5, 0.6) is 0 Å². The Morgan fingerprint density at radius 2 is 1.87 bits per heavy atom. The van der Waals surface area contributed by atoms with E-state index < -0.39 is 0 Å². The minimum atomic E-state index is 0.0964. The van der Waals surface area contributed by atoms with Crippen molar-refractivity contribution in [2.75, 3.05) is 7.05 Å². The first kappa shape index (κ1) is 16.0. The van der Waals surface area contributed by atoms with E-state index in [4.69, 9.17) is 0 Å². The van der Waals surface area contributed by atoms with E-state index in [1.54, 1.807) is 10.9 Å². The van der Waals surface area contributed by atoms with Gasteiger partial charge in [-0.1, -0.05) is 32.1 Å². The van der Waals surface area contributed by atoms with E-state index >= 15 is 0 Å². The number of hydrogen-bond donors (Lipinski definition) is 0. The number of pyridine rings is 1. The third kappa shape index (κ3) is 3.23. The maximum Gasteiger partial charge on any atom is 0.254 e. The van der Waals surface area contributed by atoms with Crippen molar-refractivity contribution >= 4 is 16.9 Å². The number of carbonyl (C=O) groups is 1. The number of aryl methyl sites for hydroxylation is 2. The molecule has 0 saturated heterocycles. The summed E-state index contributed by atoms with van der Waals surface area (Å²) in [5.41, 5.74) is 2.36. The molecule has 0 spiro atoms. The summed E-state index contributed by atoms with van der Waals surface area (Å²) in [6.07, 6.45) is 10.3. The van der Waals surface area contributed by atoms with E-state index in [9.17, 15) is 4.79 Å². The molecule has 124 valence electrons. The quantitative estimate of drug-likeness (QED) is 0.853. The van der Waals surface area contributed by atoms with E-state index in [0.717, 1.165) is 35.1 Å². The highest BCUT2D eigenvalue weighted by Crippen LogP contribution is 2.24. The second-order valence-corrected chi connectivity index (χ2v) is 6.73. The minimum Gasteiger partial charge on any atom is -0.339 e. The van der Waals surface area contributed by atoms with Crippen LogP contribution in [0.1, 0.15) is 61.0 Å². The Kier molecular flexibility index (Phi) is 4.64. The van der Waals surface area contributed by atoms with Crippen molar-refractivity contribution in [1.29, 1.82) is 0 Å². The van der Waals surface area contributed by atoms with Crippen LogP contribution in [-0.4, -0.2) is 38.7 Å². The normalized spacial score (nSPS) is 17.0. The molecule has 1 aliphatic rings. The first-order valence-electron chi connectivity index (χ1n) is 8.64. The molecule has 2 aromatic heterocycles. The third-order valence-corrected chi connectivity index (χ3v) is 5.01. The summed E-state index contributed by atoms with van der Waals surface area (Å²) in [6.45, 7) is 1.93. The van der Waals surface area contributed by atoms with Crippen molar-refractivity contribution in [3.8, 4) is 0 Å². The number of amides is 1. The van der Waals surface area contributed by atoms with E-state index in [1.165, 1.54) is 32.1 Å². The van der Waals surface area contributed by atoms with Gasteiger partial charge in [-0.05, 0) is 25.8 Å². The summed E-state index contributed by atoms with van der Waals surface area (Å²) in [4.78, 5) is 19.5. The van der Waals surface area contributed by atoms with Gasteiger partial charge >= 0.3 is 0 Å². The lowest BCUT2D eigenvalue weighted by Crippen LogP contribution is -2.37. The van der Waals surface area contributed by atoms with Crippen molar-refractivity contribution in [3.63, 3.8) is 0 Å². The topological polar surface area (TPSA) is 51.0 Å². The van der Waals surface area contributed by atoms with Crippen LogP contribution in [0.15, 0.2) is 12.3 Å². The molecule has 0 aromatic carbocycles. The molecule has 1 amide bonds. The predicted octanol–water partition coefficient (Wildman–Crippen LogP) is 3.46. The summed E-state index contributed by atoms with van der Waals surface area (Å²) in [7, 11) is 3.81. The number of hydrogen-bond acceptors (Lipinski definition) is 3. The average molecular weight is 314 g/mol. The Hall–Kier alpha value is -1.91. The predicted molar refractivity (Wildman–Crippen MR) is 91.4 cm³/mol. The highest BCUT2D eigenvalue weighted by Gasteiger charge is 2.24. The Labute approximate surface area is 137 Å². The Bertz CT molecular complexity index is 698. The lowest BCUT2D eigenvalue weighted by molar-refractivity contribution is 0.0708. The molecule has 0 aliphatic heterocycles. The fraction of sp³-hybridized carbons (Fsp3) is 0.611. The van der Waals surface area contributed by atoms with Crippen LogP contribution < -0.4 is 0 Å². The number of aromatic nitrogens is 3. The molecule has 1 aliphatic carbocycles. The van der Waals surface area contributed by atoms with Crippen LogP contribution in [-0.2, 0) is 7.05 Å². The number of rotatable bonds is 2. The average Bonchev–Trinajstić information content (AvgIpc) is 2.86. The van der Waals surface area contributed by atoms with Crippen molar-refractivity contribution in [1.82, 2.24) is 19.7 Å². The molecular weight excluding hydrogens is 288 g/mol. The third-order valence-electron chi connectivity index (χ3n) is 5.01. The molecule has 1 fully saturated rings. The Balaban J connectivity index is 1.89. The van der Waals surface area contributed by atoms with Crippen molar-refractivity contribution in [3.05, 3.63) is 23.5 Å². The van der Waals surface area contributed by atoms with Gasteiger partial charge in [-0.15, -0.1) is 0 Å². The molecule has 3 rings (SSSR count). The first-order chi connectivity index (χ1) is 11.1. The first-order valence-corrected chi connectivity index (χ1v) is 8.64. The molecule has 23 heavy (non-hydrogen) atoms. The second-order valence-electron chi connectivity index (χ2n) is 6.73. The SMILES string of the molecule is Cc1cc(C(=O)N(C)C2CCCCCCC2)c2cnn(C)c2n1. The van der Waals surface area contributed by atoms with Crippen molar-refractivity contribution in [2.24, 2.45) is 7.05 Å². The number of fused-ring (bicyclic) bond motifs is 1. The van der Waals surface area contributed by atoms with Crippen LogP contribution in [0.3, 0.4) is 0 Å². The maximum absolute atomic E-state index is 13.1. The van der Waals surface area contributed by atoms with Crippen molar-refractivity contribution in [2.45, 2.75) is 57.9 Å². The van der Waals surface area contributed by atoms with Gasteiger partial charge in [0.1, 0.15) is 0 Å². The van der Waals surface area contributed by atoms with Crippen LogP contribution in [0.2, 0.25) is 0 Å². The van der Waals surface area contributed by atoms with Gasteiger partial charge in [0.2, 0.25) is 0 Å². The van der Waals surface area contributed by atoms with Crippen LogP contribution in [0, 0.1) is 6.92 Å². The molecule has 5 nitrogen and oxygen atoms in total. The lowest BCUT2D eigenvalue weighted by Gasteiger charge is -2.30. The van der Waals surface area contributed by atoms with Gasteiger partial charge in [0, 0.05) is 25.8 Å². The molecule has 0 radical (unpaired) electrons. The molecular formula is C18H26N4O. The van der Waals surface area contributed by atoms with Gasteiger partial charge < -0.3 is 4.90 Å². The zero-order valence-corrected chi connectivity index (χ0v) is 14.4. The number of carbonyl (C=O) groups excluding carboxylic acids is 1. The zero-order valence-electron chi connectivity index (χ0n) is 14.4. The highest BCUT2D eigenvalue weighted by molar-refractivity contribution is 6.05. The summed E-state index contributed by atoms with van der Waals surface area (Å²) in [6, 6.07) is 2.24. The summed E-state index contributed by atoms with van der Waals surface area (Å²) < 4.78 is 1.73. The van der Waals surface area contributed by atoms with Gasteiger partial charge in [0.05, 0.1) is 17.1 Å². The summed E-state index contributed by atoms with van der Waals surface area (Å²) >= 11 is 0. The van der Waals surface area contributed by atoms with Crippen LogP contribution in [0.25, 0.3) is 11.0 Å². The fourth-order valence-corrected chi connectivity index (χ4v) is 3.59. The molecule has 0 atom stereocenters. The minimum absolute atomic E-state index is 0.0964. The van der Waals surface area contributed by atoms with E-state index in [-0.39, 0.29) is 5.91 Å². The lowest BCUT2D eigenvalue weighted by atomic mass is 9.95. The molecule has 0 unspecified atom stereocenters. The van der Waals surface area contributed by atoms with Gasteiger partial charge in [-0.25, -0.2) is 4.98 Å². The molecule has 2 aromatic rings. The second kappa shape index (κ2) is 6.69. The van der Waals surface area contributed by atoms with Gasteiger partial charge in [0.25, 0.3) is 5.91 Å². The largest absolute Gasteiger partial charge is 0.339 e. The molecule has 1 saturated carbocycles. The van der Waals surface area contributed by atoms with Crippen LogP contribution >= 0.6 is 0 Å². The highest BCUT2D eigenvalue weighted by atomic mass is 16.2. The molecule has 0 N–H and O–H groups in total. The maximum atomic E-state index is 13.1. The monoisotopic (exact) mass is 314 g/mol. The fourth-order valence-electron chi connectivity index (χ4n) is 3.59. The van der Waals surface area contributed by atoms with Crippen molar-refractivity contribution < 1.29 is 4.79 Å².